The van der Waals surface area contributed by atoms with Crippen LogP contribution in [0.25, 0.3) is 0 Å². The quantitative estimate of drug-likeness (QED) is 0.645. The van der Waals surface area contributed by atoms with Gasteiger partial charge in [0, 0.05) is 23.3 Å². The fourth-order valence-electron chi connectivity index (χ4n) is 3.32. The predicted molar refractivity (Wildman–Crippen MR) is 103 cm³/mol. The van der Waals surface area contributed by atoms with E-state index in [0.717, 1.165) is 25.9 Å². The van der Waals surface area contributed by atoms with Crippen LogP contribution in [-0.2, 0) is 0 Å². The van der Waals surface area contributed by atoms with Crippen molar-refractivity contribution in [1.29, 1.82) is 0 Å². The van der Waals surface area contributed by atoms with Crippen molar-refractivity contribution < 1.29 is 18.0 Å². The fourth-order valence-corrected chi connectivity index (χ4v) is 4.19. The minimum absolute atomic E-state index is 0.0448. The van der Waals surface area contributed by atoms with Crippen molar-refractivity contribution in [3.63, 3.8) is 0 Å². The summed E-state index contributed by atoms with van der Waals surface area (Å²) >= 11 is 6.46. The van der Waals surface area contributed by atoms with Crippen LogP contribution in [0.15, 0.2) is 41.6 Å². The van der Waals surface area contributed by atoms with Gasteiger partial charge in [-0.25, -0.2) is 9.37 Å². The topological polar surface area (TPSA) is 45.2 Å². The lowest BCUT2D eigenvalue weighted by Gasteiger charge is -2.29. The summed E-state index contributed by atoms with van der Waals surface area (Å²) in [6, 6.07) is 6.99. The Kier molecular flexibility index (Phi) is 7.20. The number of aromatic nitrogens is 1. The van der Waals surface area contributed by atoms with Gasteiger partial charge < -0.3 is 5.32 Å². The van der Waals surface area contributed by atoms with E-state index >= 15 is 0 Å². The molecular weight excluding hydrogens is 411 g/mol. The molecule has 1 atom stereocenters. The summed E-state index contributed by atoms with van der Waals surface area (Å²) in [4.78, 5) is 18.5. The molecule has 1 amide bonds. The van der Waals surface area contributed by atoms with Gasteiger partial charge in [-0.2, -0.15) is 8.78 Å². The average Bonchev–Trinajstić information content (AvgIpc) is 3.18. The molecule has 0 radical (unpaired) electrons. The molecule has 9 heteroatoms. The number of carbonyl (C=O) groups excluding carboxylic acids is 1. The SMILES string of the molecule is O=C(NCC(c1c(F)cccc1Cl)N1CCCC1)c1cccnc1SC(F)F. The minimum atomic E-state index is -2.68. The van der Waals surface area contributed by atoms with E-state index in [1.54, 1.807) is 6.07 Å². The van der Waals surface area contributed by atoms with Gasteiger partial charge in [0.05, 0.1) is 11.6 Å². The molecule has 1 aliphatic heterocycles. The number of rotatable bonds is 7. The van der Waals surface area contributed by atoms with Crippen LogP contribution in [0.3, 0.4) is 0 Å². The summed E-state index contributed by atoms with van der Waals surface area (Å²) in [6.07, 6.45) is 3.32. The van der Waals surface area contributed by atoms with Gasteiger partial charge in [0.1, 0.15) is 10.8 Å². The maximum absolute atomic E-state index is 14.5. The Morgan fingerprint density at radius 3 is 2.68 bits per heavy atom. The van der Waals surface area contributed by atoms with Crippen LogP contribution in [0.5, 0.6) is 0 Å². The molecule has 1 N–H and O–H groups in total. The lowest BCUT2D eigenvalue weighted by molar-refractivity contribution is 0.0933. The molecule has 150 valence electrons. The summed E-state index contributed by atoms with van der Waals surface area (Å²) in [5.41, 5.74) is 0.396. The number of benzene rings is 1. The molecule has 0 saturated carbocycles. The molecule has 28 heavy (non-hydrogen) atoms. The first-order valence-corrected chi connectivity index (χ1v) is 10.1. The monoisotopic (exact) mass is 429 g/mol. The van der Waals surface area contributed by atoms with Crippen molar-refractivity contribution >= 4 is 29.3 Å². The first kappa shape index (κ1) is 21.0. The van der Waals surface area contributed by atoms with Gasteiger partial charge in [-0.3, -0.25) is 9.69 Å². The number of carbonyl (C=O) groups is 1. The number of nitrogens with zero attached hydrogens (tertiary/aromatic N) is 2. The normalized spacial score (nSPS) is 15.8. The first-order chi connectivity index (χ1) is 13.5. The van der Waals surface area contributed by atoms with Crippen molar-refractivity contribution in [1.82, 2.24) is 15.2 Å². The summed E-state index contributed by atoms with van der Waals surface area (Å²) in [5.74, 6) is -3.65. The van der Waals surface area contributed by atoms with Gasteiger partial charge in [0.15, 0.2) is 0 Å². The van der Waals surface area contributed by atoms with Gasteiger partial charge in [0.25, 0.3) is 11.7 Å². The van der Waals surface area contributed by atoms with Gasteiger partial charge in [0.2, 0.25) is 0 Å². The van der Waals surface area contributed by atoms with Gasteiger partial charge in [-0.05, 0) is 62.0 Å². The summed E-state index contributed by atoms with van der Waals surface area (Å²) in [6.45, 7) is 1.64. The van der Waals surface area contributed by atoms with Crippen molar-refractivity contribution in [3.8, 4) is 0 Å². The number of alkyl halides is 2. The number of halogens is 4. The zero-order chi connectivity index (χ0) is 20.1. The maximum atomic E-state index is 14.5. The number of hydrogen-bond acceptors (Lipinski definition) is 4. The number of likely N-dealkylation sites (tertiary alicyclic amines) is 1. The van der Waals surface area contributed by atoms with E-state index in [0.29, 0.717) is 10.6 Å². The Morgan fingerprint density at radius 2 is 2.00 bits per heavy atom. The lowest BCUT2D eigenvalue weighted by Crippen LogP contribution is -2.37. The molecule has 3 rings (SSSR count). The second kappa shape index (κ2) is 9.62. The van der Waals surface area contributed by atoms with Crippen LogP contribution >= 0.6 is 23.4 Å². The molecule has 2 heterocycles. The number of hydrogen-bond donors (Lipinski definition) is 1. The number of pyridine rings is 1. The second-order valence-electron chi connectivity index (χ2n) is 6.34. The lowest BCUT2D eigenvalue weighted by atomic mass is 10.0. The van der Waals surface area contributed by atoms with Crippen LogP contribution in [-0.4, -0.2) is 41.2 Å². The highest BCUT2D eigenvalue weighted by Gasteiger charge is 2.28. The molecular formula is C19H19ClF3N3OS. The summed E-state index contributed by atoms with van der Waals surface area (Å²) in [7, 11) is 0. The predicted octanol–water partition coefficient (Wildman–Crippen LogP) is 4.76. The third-order valence-electron chi connectivity index (χ3n) is 4.59. The summed E-state index contributed by atoms with van der Waals surface area (Å²) < 4.78 is 39.9. The second-order valence-corrected chi connectivity index (χ2v) is 7.72. The van der Waals surface area contributed by atoms with Gasteiger partial charge in [-0.15, -0.1) is 0 Å². The van der Waals surface area contributed by atoms with E-state index in [9.17, 15) is 18.0 Å². The molecule has 0 spiro atoms. The molecule has 1 fully saturated rings. The van der Waals surface area contributed by atoms with Crippen molar-refractivity contribution in [2.75, 3.05) is 19.6 Å². The van der Waals surface area contributed by atoms with Crippen LogP contribution < -0.4 is 5.32 Å². The van der Waals surface area contributed by atoms with E-state index in [1.165, 1.54) is 30.5 Å². The first-order valence-electron chi connectivity index (χ1n) is 8.83. The van der Waals surface area contributed by atoms with Gasteiger partial charge in [-0.1, -0.05) is 17.7 Å². The third-order valence-corrected chi connectivity index (χ3v) is 5.64. The molecule has 1 aliphatic rings. The fraction of sp³-hybridized carbons (Fsp3) is 0.368. The van der Waals surface area contributed by atoms with Crippen LogP contribution in [0.1, 0.15) is 34.8 Å². The molecule has 1 unspecified atom stereocenters. The number of thioether (sulfide) groups is 1. The van der Waals surface area contributed by atoms with Crippen LogP contribution in [0, 0.1) is 5.82 Å². The maximum Gasteiger partial charge on any atom is 0.290 e. The Hall–Kier alpha value is -1.77. The average molecular weight is 430 g/mol. The van der Waals surface area contributed by atoms with Crippen molar-refractivity contribution in [2.24, 2.45) is 0 Å². The minimum Gasteiger partial charge on any atom is -0.350 e. The van der Waals surface area contributed by atoms with Crippen LogP contribution in [0.4, 0.5) is 13.2 Å². The van der Waals surface area contributed by atoms with Crippen molar-refractivity contribution in [2.45, 2.75) is 29.7 Å². The summed E-state index contributed by atoms with van der Waals surface area (Å²) in [5, 5.41) is 2.99. The zero-order valence-electron chi connectivity index (χ0n) is 14.9. The third kappa shape index (κ3) is 4.98. The molecule has 1 aromatic carbocycles. The van der Waals surface area contributed by atoms with Gasteiger partial charge >= 0.3 is 0 Å². The zero-order valence-corrected chi connectivity index (χ0v) is 16.4. The Labute approximate surface area is 170 Å². The Balaban J connectivity index is 1.80. The number of nitrogens with one attached hydrogen (secondary N) is 1. The largest absolute Gasteiger partial charge is 0.350 e. The van der Waals surface area contributed by atoms with Crippen LogP contribution in [0.2, 0.25) is 5.02 Å². The van der Waals surface area contributed by atoms with E-state index in [4.69, 9.17) is 11.6 Å². The highest BCUT2D eigenvalue weighted by Crippen LogP contribution is 2.32. The molecule has 2 aromatic rings. The molecule has 1 saturated heterocycles. The van der Waals surface area contributed by atoms with E-state index in [1.807, 2.05) is 0 Å². The van der Waals surface area contributed by atoms with E-state index < -0.39 is 23.5 Å². The van der Waals surface area contributed by atoms with E-state index in [-0.39, 0.29) is 28.9 Å². The molecule has 0 aliphatic carbocycles. The Bertz CT molecular complexity index is 814. The smallest absolute Gasteiger partial charge is 0.290 e. The van der Waals surface area contributed by atoms with E-state index in [2.05, 4.69) is 15.2 Å². The molecule has 1 aromatic heterocycles. The number of amides is 1. The van der Waals surface area contributed by atoms with Crippen molar-refractivity contribution in [3.05, 3.63) is 58.5 Å². The Morgan fingerprint density at radius 1 is 1.25 bits per heavy atom. The standard InChI is InChI=1S/C19H19ClF3N3OS/c20-13-6-3-7-14(21)16(13)15(26-9-1-2-10-26)11-25-17(27)12-5-4-8-24-18(12)28-19(22)23/h3-8,15,19H,1-2,9-11H2,(H,25,27). The molecule has 4 nitrogen and oxygen atoms in total. The highest BCUT2D eigenvalue weighted by molar-refractivity contribution is 7.99. The molecule has 0 bridgehead atoms. The highest BCUT2D eigenvalue weighted by atomic mass is 35.5.